The molecule has 4 aliphatic rings. The van der Waals surface area contributed by atoms with E-state index in [0.717, 1.165) is 46.2 Å². The maximum atomic E-state index is 13.1. The van der Waals surface area contributed by atoms with Crippen molar-refractivity contribution in [1.29, 1.82) is 0 Å². The Morgan fingerprint density at radius 1 is 1.05 bits per heavy atom. The summed E-state index contributed by atoms with van der Waals surface area (Å²) in [6, 6.07) is 10.5. The second kappa shape index (κ2) is 8.87. The third-order valence-corrected chi connectivity index (χ3v) is 10.4. The van der Waals surface area contributed by atoms with Crippen LogP contribution in [0.3, 0.4) is 0 Å². The minimum absolute atomic E-state index is 0.0313. The zero-order valence-electron chi connectivity index (χ0n) is 21.1. The number of nitro groups is 1. The predicted molar refractivity (Wildman–Crippen MR) is 142 cm³/mol. The van der Waals surface area contributed by atoms with Gasteiger partial charge in [0.1, 0.15) is 0 Å². The highest BCUT2D eigenvalue weighted by atomic mass is 31.2. The lowest BCUT2D eigenvalue weighted by molar-refractivity contribution is -0.384. The molecule has 2 bridgehead atoms. The number of ketones is 1. The second-order valence-electron chi connectivity index (χ2n) is 11.1. The molecule has 2 unspecified atom stereocenters. The van der Waals surface area contributed by atoms with Crippen LogP contribution in [0.15, 0.2) is 54.1 Å². The molecule has 1 aliphatic heterocycles. The number of carbonyl (C=O) groups is 1. The molecule has 1 saturated heterocycles. The van der Waals surface area contributed by atoms with Gasteiger partial charge in [0.25, 0.3) is 5.69 Å². The lowest BCUT2D eigenvalue weighted by Crippen LogP contribution is -2.39. The summed E-state index contributed by atoms with van der Waals surface area (Å²) in [6.45, 7) is 4.89. The average molecular weight is 520 g/mol. The third-order valence-electron chi connectivity index (χ3n) is 8.45. The van der Waals surface area contributed by atoms with E-state index in [1.54, 1.807) is 12.1 Å². The number of nitrogens with zero attached hydrogens (tertiary/aromatic N) is 1. The van der Waals surface area contributed by atoms with Gasteiger partial charge >= 0.3 is 7.60 Å². The van der Waals surface area contributed by atoms with Gasteiger partial charge in [-0.15, -0.1) is 0 Å². The molecule has 2 aromatic rings. The standard InChI is InChI=1S/C29H30NO6P/c1-18(2)28-25-13-20(6-9-23(25)24-10-8-22(30(32)33)14-26(24)28)27(31)4-3-11-37(34)35-16-29(17-36-37)15-19-5-7-21(29)12-19/h5-10,13-14,19,21H,3-4,11-12,15-17H2,1-2H3. The first-order chi connectivity index (χ1) is 17.7. The van der Waals surface area contributed by atoms with Crippen LogP contribution in [0, 0.1) is 27.4 Å². The minimum atomic E-state index is -3.19. The molecular formula is C29H30NO6P. The van der Waals surface area contributed by atoms with Gasteiger partial charge in [-0.3, -0.25) is 19.5 Å². The first kappa shape index (κ1) is 24.5. The molecule has 37 heavy (non-hydrogen) atoms. The summed E-state index contributed by atoms with van der Waals surface area (Å²) in [5, 5.41) is 11.3. The average Bonchev–Trinajstić information content (AvgIpc) is 3.56. The van der Waals surface area contributed by atoms with Crippen molar-refractivity contribution in [3.05, 3.63) is 80.9 Å². The quantitative estimate of drug-likeness (QED) is 0.112. The van der Waals surface area contributed by atoms with Crippen LogP contribution in [0.2, 0.25) is 0 Å². The largest absolute Gasteiger partial charge is 0.330 e. The summed E-state index contributed by atoms with van der Waals surface area (Å²) in [5.74, 6) is 1.01. The van der Waals surface area contributed by atoms with E-state index in [2.05, 4.69) is 12.2 Å². The molecule has 3 aliphatic carbocycles. The number of hydrogen-bond donors (Lipinski definition) is 0. The van der Waals surface area contributed by atoms with Gasteiger partial charge in [-0.05, 0) is 84.9 Å². The topological polar surface area (TPSA) is 95.7 Å². The van der Waals surface area contributed by atoms with E-state index in [1.807, 2.05) is 32.0 Å². The Bertz CT molecular complexity index is 1420. The second-order valence-corrected chi connectivity index (χ2v) is 13.3. The number of hydrogen-bond acceptors (Lipinski definition) is 6. The molecule has 7 nitrogen and oxygen atoms in total. The number of Topliss-reactive ketones (excluding diaryl/α,β-unsaturated/α-hetero) is 1. The third kappa shape index (κ3) is 4.14. The molecule has 0 radical (unpaired) electrons. The van der Waals surface area contributed by atoms with Gasteiger partial charge in [-0.1, -0.05) is 29.9 Å². The molecule has 0 aromatic heterocycles. The van der Waals surface area contributed by atoms with Crippen molar-refractivity contribution < 1.29 is 23.3 Å². The van der Waals surface area contributed by atoms with E-state index in [1.165, 1.54) is 6.07 Å². The molecule has 0 N–H and O–H groups in total. The first-order valence-electron chi connectivity index (χ1n) is 12.9. The molecule has 1 saturated carbocycles. The summed E-state index contributed by atoms with van der Waals surface area (Å²) in [5.41, 5.74) is 6.19. The van der Waals surface area contributed by atoms with Crippen LogP contribution < -0.4 is 0 Å². The fourth-order valence-corrected chi connectivity index (χ4v) is 8.34. The van der Waals surface area contributed by atoms with Crippen LogP contribution in [0.4, 0.5) is 5.69 Å². The highest BCUT2D eigenvalue weighted by Gasteiger charge is 2.53. The number of allylic oxidation sites excluding steroid dienone is 3. The lowest BCUT2D eigenvalue weighted by atomic mass is 9.77. The lowest BCUT2D eigenvalue weighted by Gasteiger charge is -2.41. The molecule has 0 amide bonds. The number of carbonyl (C=O) groups excluding carboxylic acids is 1. The molecular weight excluding hydrogens is 489 g/mol. The van der Waals surface area contributed by atoms with Crippen LogP contribution in [-0.2, 0) is 13.6 Å². The summed E-state index contributed by atoms with van der Waals surface area (Å²) < 4.78 is 24.8. The number of rotatable bonds is 6. The maximum absolute atomic E-state index is 13.1. The Balaban J connectivity index is 1.13. The Labute approximate surface area is 216 Å². The normalized spacial score (nSPS) is 29.0. The molecule has 192 valence electrons. The summed E-state index contributed by atoms with van der Waals surface area (Å²) in [4.78, 5) is 24.0. The number of fused-ring (bicyclic) bond motifs is 6. The Kier molecular flexibility index (Phi) is 5.86. The Morgan fingerprint density at radius 3 is 2.38 bits per heavy atom. The Morgan fingerprint density at radius 2 is 1.76 bits per heavy atom. The van der Waals surface area contributed by atoms with E-state index in [-0.39, 0.29) is 34.4 Å². The van der Waals surface area contributed by atoms with Crippen molar-refractivity contribution in [2.75, 3.05) is 19.4 Å². The van der Waals surface area contributed by atoms with Crippen molar-refractivity contribution in [2.24, 2.45) is 17.3 Å². The van der Waals surface area contributed by atoms with Gasteiger partial charge in [0, 0.05) is 29.5 Å². The van der Waals surface area contributed by atoms with Crippen LogP contribution in [0.25, 0.3) is 16.7 Å². The fourth-order valence-electron chi connectivity index (χ4n) is 6.56. The summed E-state index contributed by atoms with van der Waals surface area (Å²) in [7, 11) is -3.19. The van der Waals surface area contributed by atoms with Gasteiger partial charge in [0.2, 0.25) is 0 Å². The van der Waals surface area contributed by atoms with Crippen molar-refractivity contribution in [3.63, 3.8) is 0 Å². The van der Waals surface area contributed by atoms with E-state index < -0.39 is 7.60 Å². The molecule has 1 spiro atoms. The van der Waals surface area contributed by atoms with Crippen molar-refractivity contribution in [3.8, 4) is 11.1 Å². The number of nitro benzene ring substituents is 1. The molecule has 2 atom stereocenters. The van der Waals surface area contributed by atoms with Gasteiger partial charge in [-0.25, -0.2) is 0 Å². The van der Waals surface area contributed by atoms with Crippen molar-refractivity contribution in [2.45, 2.75) is 39.5 Å². The Hall–Kier alpha value is -2.86. The molecule has 2 aromatic carbocycles. The van der Waals surface area contributed by atoms with Crippen LogP contribution >= 0.6 is 7.60 Å². The van der Waals surface area contributed by atoms with Gasteiger partial charge in [0.15, 0.2) is 5.78 Å². The highest BCUT2D eigenvalue weighted by Crippen LogP contribution is 2.61. The molecule has 2 fully saturated rings. The SMILES string of the molecule is CC(C)=C1c2cc(C(=O)CCCP3(=O)OCC4(CO3)CC3C=CC4C3)ccc2-c2ccc([N+](=O)[O-])cc21. The van der Waals surface area contributed by atoms with Gasteiger partial charge < -0.3 is 9.05 Å². The highest BCUT2D eigenvalue weighted by molar-refractivity contribution is 7.53. The summed E-state index contributed by atoms with van der Waals surface area (Å²) >= 11 is 0. The van der Waals surface area contributed by atoms with Crippen molar-refractivity contribution >= 4 is 24.6 Å². The summed E-state index contributed by atoms with van der Waals surface area (Å²) in [6.07, 6.45) is 7.62. The smallest absolute Gasteiger partial charge is 0.308 e. The van der Waals surface area contributed by atoms with Crippen LogP contribution in [0.5, 0.6) is 0 Å². The molecule has 8 heteroatoms. The minimum Gasteiger partial charge on any atom is -0.308 e. The van der Waals surface area contributed by atoms with Crippen molar-refractivity contribution in [1.82, 2.24) is 0 Å². The zero-order valence-corrected chi connectivity index (χ0v) is 22.0. The van der Waals surface area contributed by atoms with Crippen LogP contribution in [-0.4, -0.2) is 30.1 Å². The van der Waals surface area contributed by atoms with Gasteiger partial charge in [0.05, 0.1) is 24.3 Å². The predicted octanol–water partition coefficient (Wildman–Crippen LogP) is 7.20. The van der Waals surface area contributed by atoms with Crippen LogP contribution in [0.1, 0.15) is 61.0 Å². The van der Waals surface area contributed by atoms with E-state index in [4.69, 9.17) is 9.05 Å². The zero-order chi connectivity index (χ0) is 25.9. The van der Waals surface area contributed by atoms with Gasteiger partial charge in [-0.2, -0.15) is 0 Å². The number of non-ortho nitro benzene ring substituents is 1. The molecule has 6 rings (SSSR count). The van der Waals surface area contributed by atoms with E-state index in [9.17, 15) is 19.5 Å². The maximum Gasteiger partial charge on any atom is 0.330 e. The first-order valence-corrected chi connectivity index (χ1v) is 14.6. The molecule has 1 heterocycles. The number of benzene rings is 2. The van der Waals surface area contributed by atoms with E-state index in [0.29, 0.717) is 37.0 Å². The van der Waals surface area contributed by atoms with E-state index >= 15 is 0 Å². The fraction of sp³-hybridized carbons (Fsp3) is 0.414. The monoisotopic (exact) mass is 519 g/mol.